The molecule has 0 aliphatic carbocycles. The van der Waals surface area contributed by atoms with E-state index in [1.807, 2.05) is 24.3 Å². The van der Waals surface area contributed by atoms with Crippen LogP contribution >= 0.6 is 0 Å². The SMILES string of the molecule is Fc1ccc(-c2cc3ccccc3[cH-]2)cc1.[Zr]. The monoisotopic (exact) mass is 299 g/mol. The van der Waals surface area contributed by atoms with Crippen LogP contribution in [0, 0.1) is 5.82 Å². The van der Waals surface area contributed by atoms with Gasteiger partial charge in [-0.1, -0.05) is 35.9 Å². The summed E-state index contributed by atoms with van der Waals surface area (Å²) in [6.45, 7) is 0. The van der Waals surface area contributed by atoms with Crippen LogP contribution in [-0.4, -0.2) is 0 Å². The first-order valence-electron chi connectivity index (χ1n) is 5.24. The molecule has 3 aromatic rings. The van der Waals surface area contributed by atoms with E-state index in [1.54, 1.807) is 0 Å². The van der Waals surface area contributed by atoms with Crippen molar-refractivity contribution in [3.63, 3.8) is 0 Å². The molecule has 0 amide bonds. The van der Waals surface area contributed by atoms with Crippen molar-refractivity contribution in [2.24, 2.45) is 0 Å². The smallest absolute Gasteiger partial charge is 0.121 e. The molecular weight excluding hydrogens is 290 g/mol. The van der Waals surface area contributed by atoms with Crippen LogP contribution in [0.25, 0.3) is 21.9 Å². The first-order valence-corrected chi connectivity index (χ1v) is 5.24. The number of hydrogen-bond acceptors (Lipinski definition) is 0. The Kier molecular flexibility index (Phi) is 3.64. The van der Waals surface area contributed by atoms with Crippen LogP contribution in [0.3, 0.4) is 0 Å². The van der Waals surface area contributed by atoms with Gasteiger partial charge in [0.05, 0.1) is 0 Å². The summed E-state index contributed by atoms with van der Waals surface area (Å²) in [5, 5.41) is 2.45. The molecule has 2 heteroatoms. The van der Waals surface area contributed by atoms with Gasteiger partial charge < -0.3 is 0 Å². The molecule has 0 radical (unpaired) electrons. The normalized spacial score (nSPS) is 10.2. The molecule has 0 heterocycles. The Morgan fingerprint density at radius 2 is 1.59 bits per heavy atom. The van der Waals surface area contributed by atoms with Crippen LogP contribution in [0.1, 0.15) is 0 Å². The molecule has 0 N–H and O–H groups in total. The van der Waals surface area contributed by atoms with Crippen molar-refractivity contribution in [1.82, 2.24) is 0 Å². The van der Waals surface area contributed by atoms with E-state index in [4.69, 9.17) is 0 Å². The van der Waals surface area contributed by atoms with Crippen molar-refractivity contribution in [1.29, 1.82) is 0 Å². The van der Waals surface area contributed by atoms with Crippen LogP contribution < -0.4 is 0 Å². The van der Waals surface area contributed by atoms with Gasteiger partial charge >= 0.3 is 0 Å². The molecule has 0 aliphatic heterocycles. The zero-order chi connectivity index (χ0) is 11.0. The molecule has 0 spiro atoms. The van der Waals surface area contributed by atoms with Crippen LogP contribution in [0.4, 0.5) is 4.39 Å². The Bertz CT molecular complexity index is 590. The topological polar surface area (TPSA) is 0 Å². The average Bonchev–Trinajstić information content (AvgIpc) is 2.73. The van der Waals surface area contributed by atoms with Gasteiger partial charge in [0.2, 0.25) is 0 Å². The van der Waals surface area contributed by atoms with Crippen molar-refractivity contribution in [3.8, 4) is 11.1 Å². The summed E-state index contributed by atoms with van der Waals surface area (Å²) in [5.74, 6) is -0.195. The van der Waals surface area contributed by atoms with Crippen molar-refractivity contribution in [3.05, 3.63) is 66.5 Å². The van der Waals surface area contributed by atoms with E-state index < -0.39 is 0 Å². The first kappa shape index (κ1) is 12.3. The van der Waals surface area contributed by atoms with Gasteiger partial charge in [0.1, 0.15) is 5.82 Å². The fraction of sp³-hybridized carbons (Fsp3) is 0. The van der Waals surface area contributed by atoms with Crippen LogP contribution in [0.15, 0.2) is 60.7 Å². The zero-order valence-electron chi connectivity index (χ0n) is 9.15. The summed E-state index contributed by atoms with van der Waals surface area (Å²) in [6.07, 6.45) is 0. The maximum atomic E-state index is 12.8. The summed E-state index contributed by atoms with van der Waals surface area (Å²) >= 11 is 0. The molecule has 3 aromatic carbocycles. The number of rotatable bonds is 1. The molecule has 0 saturated carbocycles. The summed E-state index contributed by atoms with van der Waals surface area (Å²) in [5.41, 5.74) is 2.19. The Balaban J connectivity index is 0.00000108. The van der Waals surface area contributed by atoms with E-state index in [1.165, 1.54) is 22.9 Å². The molecule has 17 heavy (non-hydrogen) atoms. The molecule has 0 nitrogen and oxygen atoms in total. The minimum Gasteiger partial charge on any atom is -0.207 e. The van der Waals surface area contributed by atoms with Gasteiger partial charge in [0, 0.05) is 26.2 Å². The Hall–Kier alpha value is -1.14. The second-order valence-corrected chi connectivity index (χ2v) is 3.88. The molecule has 0 unspecified atom stereocenters. The predicted molar refractivity (Wildman–Crippen MR) is 64.9 cm³/mol. The Morgan fingerprint density at radius 1 is 0.882 bits per heavy atom. The van der Waals surface area contributed by atoms with E-state index in [9.17, 15) is 4.39 Å². The molecule has 0 fully saturated rings. The predicted octanol–water partition coefficient (Wildman–Crippen LogP) is 4.36. The van der Waals surface area contributed by atoms with Crippen molar-refractivity contribution in [2.45, 2.75) is 0 Å². The van der Waals surface area contributed by atoms with E-state index in [0.29, 0.717) is 0 Å². The molecule has 0 bridgehead atoms. The third kappa shape index (κ3) is 2.42. The Labute approximate surface area is 119 Å². The third-order valence-corrected chi connectivity index (χ3v) is 2.80. The fourth-order valence-electron chi connectivity index (χ4n) is 1.96. The maximum absolute atomic E-state index is 12.8. The first-order chi connectivity index (χ1) is 7.83. The summed E-state index contributed by atoms with van der Waals surface area (Å²) in [7, 11) is 0. The van der Waals surface area contributed by atoms with E-state index in [-0.39, 0.29) is 32.0 Å². The Morgan fingerprint density at radius 3 is 2.29 bits per heavy atom. The van der Waals surface area contributed by atoms with E-state index in [2.05, 4.69) is 24.3 Å². The van der Waals surface area contributed by atoms with Crippen molar-refractivity contribution in [2.75, 3.05) is 0 Å². The number of benzene rings is 2. The minimum atomic E-state index is -0.195. The second kappa shape index (κ2) is 5.02. The molecule has 0 atom stereocenters. The van der Waals surface area contributed by atoms with Gasteiger partial charge in [-0.05, 0) is 12.1 Å². The van der Waals surface area contributed by atoms with Gasteiger partial charge in [-0.15, -0.1) is 34.5 Å². The minimum absolute atomic E-state index is 0. The van der Waals surface area contributed by atoms with Crippen LogP contribution in [-0.2, 0) is 26.2 Å². The number of hydrogen-bond donors (Lipinski definition) is 0. The maximum Gasteiger partial charge on any atom is 0.121 e. The largest absolute Gasteiger partial charge is 0.207 e. The quantitative estimate of drug-likeness (QED) is 0.586. The molecule has 0 saturated heterocycles. The van der Waals surface area contributed by atoms with Crippen molar-refractivity contribution >= 4 is 10.8 Å². The zero-order valence-corrected chi connectivity index (χ0v) is 11.6. The van der Waals surface area contributed by atoms with Gasteiger partial charge in [-0.3, -0.25) is 0 Å². The number of halogens is 1. The van der Waals surface area contributed by atoms with Crippen LogP contribution in [0.2, 0.25) is 0 Å². The third-order valence-electron chi connectivity index (χ3n) is 2.80. The van der Waals surface area contributed by atoms with Crippen LogP contribution in [0.5, 0.6) is 0 Å². The molecule has 3 rings (SSSR count). The summed E-state index contributed by atoms with van der Waals surface area (Å²) in [6, 6.07) is 19.1. The second-order valence-electron chi connectivity index (χ2n) is 3.88. The van der Waals surface area contributed by atoms with Gasteiger partial charge in [0.15, 0.2) is 0 Å². The van der Waals surface area contributed by atoms with Gasteiger partial charge in [-0.2, -0.15) is 0 Å². The molecular formula is C15H10FZr-. The summed E-state index contributed by atoms with van der Waals surface area (Å²) in [4.78, 5) is 0. The fourth-order valence-corrected chi connectivity index (χ4v) is 1.96. The van der Waals surface area contributed by atoms with E-state index >= 15 is 0 Å². The molecule has 0 aliphatic rings. The number of fused-ring (bicyclic) bond motifs is 1. The standard InChI is InChI=1S/C15H10F.Zr/c16-15-7-5-11(6-8-15)14-9-12-3-1-2-4-13(12)10-14;/h1-10H;/q-1;. The molecule has 82 valence electrons. The molecule has 0 aromatic heterocycles. The van der Waals surface area contributed by atoms with E-state index in [0.717, 1.165) is 11.1 Å². The van der Waals surface area contributed by atoms with Crippen molar-refractivity contribution < 1.29 is 30.6 Å². The average molecular weight is 300 g/mol. The van der Waals surface area contributed by atoms with Gasteiger partial charge in [-0.25, -0.2) is 4.39 Å². The van der Waals surface area contributed by atoms with Gasteiger partial charge in [0.25, 0.3) is 0 Å². The summed E-state index contributed by atoms with van der Waals surface area (Å²) < 4.78 is 12.8.